The van der Waals surface area contributed by atoms with Gasteiger partial charge in [-0.2, -0.15) is 0 Å². The number of rotatable bonds is 6. The van der Waals surface area contributed by atoms with Gasteiger partial charge in [-0.1, -0.05) is 18.2 Å². The van der Waals surface area contributed by atoms with E-state index in [0.29, 0.717) is 18.2 Å². The van der Waals surface area contributed by atoms with E-state index in [1.807, 2.05) is 39.0 Å². The number of aryl methyl sites for hydroxylation is 3. The number of amides is 1. The molecule has 1 fully saturated rings. The molecule has 0 atom stereocenters. The van der Waals surface area contributed by atoms with Crippen molar-refractivity contribution in [1.29, 1.82) is 0 Å². The largest absolute Gasteiger partial charge is 0.379 e. The number of hydrogen-bond donors (Lipinski definition) is 2. The summed E-state index contributed by atoms with van der Waals surface area (Å²) in [5.74, 6) is 0.254. The quantitative estimate of drug-likeness (QED) is 0.813. The van der Waals surface area contributed by atoms with Crippen LogP contribution in [0.1, 0.15) is 27.3 Å². The smallest absolute Gasteiger partial charge is 0.270 e. The van der Waals surface area contributed by atoms with Crippen LogP contribution in [0, 0.1) is 20.8 Å². The maximum atomic E-state index is 12.5. The van der Waals surface area contributed by atoms with E-state index in [1.54, 1.807) is 6.07 Å². The third-order valence-electron chi connectivity index (χ3n) is 4.62. The third-order valence-corrected chi connectivity index (χ3v) is 4.62. The second kappa shape index (κ2) is 8.92. The zero-order valence-corrected chi connectivity index (χ0v) is 16.2. The maximum Gasteiger partial charge on any atom is 0.270 e. The molecule has 0 saturated carbocycles. The summed E-state index contributed by atoms with van der Waals surface area (Å²) in [6.07, 6.45) is 0. The Morgan fingerprint density at radius 1 is 1.15 bits per heavy atom. The minimum absolute atomic E-state index is 0.182. The van der Waals surface area contributed by atoms with Crippen molar-refractivity contribution in [3.05, 3.63) is 46.8 Å². The molecule has 0 aliphatic carbocycles. The van der Waals surface area contributed by atoms with Crippen LogP contribution in [0.3, 0.4) is 0 Å². The first-order chi connectivity index (χ1) is 13.0. The number of aromatic nitrogens is 2. The summed E-state index contributed by atoms with van der Waals surface area (Å²) in [4.78, 5) is 23.6. The van der Waals surface area contributed by atoms with Gasteiger partial charge in [0.05, 0.1) is 13.2 Å². The van der Waals surface area contributed by atoms with Crippen LogP contribution in [0.25, 0.3) is 0 Å². The predicted octanol–water partition coefficient (Wildman–Crippen LogP) is 2.21. The van der Waals surface area contributed by atoms with Gasteiger partial charge in [0.2, 0.25) is 5.95 Å². The molecule has 2 N–H and O–H groups in total. The molecule has 0 radical (unpaired) electrons. The Hall–Kier alpha value is -2.51. The molecule has 2 aromatic rings. The van der Waals surface area contributed by atoms with E-state index in [2.05, 4.69) is 25.5 Å². The molecule has 1 aliphatic rings. The summed E-state index contributed by atoms with van der Waals surface area (Å²) < 4.78 is 5.34. The molecule has 7 heteroatoms. The van der Waals surface area contributed by atoms with Crippen molar-refractivity contribution in [3.63, 3.8) is 0 Å². The molecule has 7 nitrogen and oxygen atoms in total. The molecule has 3 rings (SSSR count). The van der Waals surface area contributed by atoms with Crippen molar-refractivity contribution in [3.8, 4) is 0 Å². The van der Waals surface area contributed by atoms with E-state index in [1.165, 1.54) is 0 Å². The average molecular weight is 369 g/mol. The number of anilines is 2. The highest BCUT2D eigenvalue weighted by Crippen LogP contribution is 2.22. The van der Waals surface area contributed by atoms with Crippen LogP contribution in [0.2, 0.25) is 0 Å². The van der Waals surface area contributed by atoms with E-state index in [4.69, 9.17) is 4.74 Å². The molecule has 1 aromatic heterocycles. The van der Waals surface area contributed by atoms with Crippen molar-refractivity contribution in [1.82, 2.24) is 20.2 Å². The highest BCUT2D eigenvalue weighted by Gasteiger charge is 2.14. The minimum Gasteiger partial charge on any atom is -0.379 e. The van der Waals surface area contributed by atoms with Gasteiger partial charge >= 0.3 is 0 Å². The van der Waals surface area contributed by atoms with Gasteiger partial charge in [-0.05, 0) is 38.0 Å². The van der Waals surface area contributed by atoms with Gasteiger partial charge in [-0.25, -0.2) is 9.97 Å². The van der Waals surface area contributed by atoms with Crippen molar-refractivity contribution >= 4 is 17.5 Å². The van der Waals surface area contributed by atoms with Crippen molar-refractivity contribution < 1.29 is 9.53 Å². The number of nitrogens with zero attached hydrogens (tertiary/aromatic N) is 3. The molecule has 1 saturated heterocycles. The molecule has 27 heavy (non-hydrogen) atoms. The van der Waals surface area contributed by atoms with Crippen LogP contribution >= 0.6 is 0 Å². The lowest BCUT2D eigenvalue weighted by molar-refractivity contribution is 0.0383. The van der Waals surface area contributed by atoms with E-state index in [9.17, 15) is 4.79 Å². The number of nitrogens with one attached hydrogen (secondary N) is 2. The van der Waals surface area contributed by atoms with E-state index < -0.39 is 0 Å². The first-order valence-electron chi connectivity index (χ1n) is 9.30. The average Bonchev–Trinajstić information content (AvgIpc) is 2.65. The fourth-order valence-corrected chi connectivity index (χ4v) is 3.11. The monoisotopic (exact) mass is 369 g/mol. The third kappa shape index (κ3) is 5.24. The van der Waals surface area contributed by atoms with Crippen LogP contribution in [0.5, 0.6) is 0 Å². The van der Waals surface area contributed by atoms with Gasteiger partial charge in [-0.3, -0.25) is 9.69 Å². The Bertz CT molecular complexity index is 783. The standard InChI is InChI=1S/C20H27N5O2/c1-14-5-4-6-15(2)18(14)24-20-22-16(3)13-17(23-20)19(26)21-7-8-25-9-11-27-12-10-25/h4-6,13H,7-12H2,1-3H3,(H,21,26)(H,22,23,24). The summed E-state index contributed by atoms with van der Waals surface area (Å²) in [7, 11) is 0. The van der Waals surface area contributed by atoms with Crippen LogP contribution in [0.15, 0.2) is 24.3 Å². The van der Waals surface area contributed by atoms with Gasteiger partial charge in [0.25, 0.3) is 5.91 Å². The summed E-state index contributed by atoms with van der Waals surface area (Å²) in [5, 5.41) is 6.21. The first kappa shape index (κ1) is 19.3. The zero-order chi connectivity index (χ0) is 19.2. The number of ether oxygens (including phenoxy) is 1. The lowest BCUT2D eigenvalue weighted by Gasteiger charge is -2.26. The zero-order valence-electron chi connectivity index (χ0n) is 16.2. The molecule has 0 unspecified atom stereocenters. The van der Waals surface area contributed by atoms with Crippen molar-refractivity contribution in [2.45, 2.75) is 20.8 Å². The minimum atomic E-state index is -0.182. The molecule has 1 amide bonds. The second-order valence-corrected chi connectivity index (χ2v) is 6.82. The fourth-order valence-electron chi connectivity index (χ4n) is 3.11. The van der Waals surface area contributed by atoms with Crippen LogP contribution in [-0.2, 0) is 4.74 Å². The summed E-state index contributed by atoms with van der Waals surface area (Å²) >= 11 is 0. The Balaban J connectivity index is 1.64. The van der Waals surface area contributed by atoms with Crippen LogP contribution in [-0.4, -0.2) is 60.2 Å². The van der Waals surface area contributed by atoms with Gasteiger partial charge in [0.15, 0.2) is 0 Å². The summed E-state index contributed by atoms with van der Waals surface area (Å²) in [6.45, 7) is 10.7. The van der Waals surface area contributed by atoms with E-state index >= 15 is 0 Å². The number of carbonyl (C=O) groups is 1. The fraction of sp³-hybridized carbons (Fsp3) is 0.450. The van der Waals surface area contributed by atoms with Gasteiger partial charge in [0, 0.05) is 37.6 Å². The number of carbonyl (C=O) groups excluding carboxylic acids is 1. The topological polar surface area (TPSA) is 79.4 Å². The number of morpholine rings is 1. The van der Waals surface area contributed by atoms with Crippen LogP contribution in [0.4, 0.5) is 11.6 Å². The Labute approximate surface area is 160 Å². The lowest BCUT2D eigenvalue weighted by atomic mass is 10.1. The van der Waals surface area contributed by atoms with Gasteiger partial charge in [0.1, 0.15) is 5.69 Å². The molecular weight excluding hydrogens is 342 g/mol. The van der Waals surface area contributed by atoms with Gasteiger partial charge in [-0.15, -0.1) is 0 Å². The Morgan fingerprint density at radius 3 is 2.56 bits per heavy atom. The van der Waals surface area contributed by atoms with Crippen LogP contribution < -0.4 is 10.6 Å². The van der Waals surface area contributed by atoms with Crippen molar-refractivity contribution in [2.75, 3.05) is 44.7 Å². The molecule has 1 aromatic carbocycles. The number of hydrogen-bond acceptors (Lipinski definition) is 6. The summed E-state index contributed by atoms with van der Waals surface area (Å²) in [6, 6.07) is 7.79. The SMILES string of the molecule is Cc1cc(C(=O)NCCN2CCOCC2)nc(Nc2c(C)cccc2C)n1. The predicted molar refractivity (Wildman–Crippen MR) is 106 cm³/mol. The van der Waals surface area contributed by atoms with Crippen molar-refractivity contribution in [2.24, 2.45) is 0 Å². The highest BCUT2D eigenvalue weighted by atomic mass is 16.5. The Kier molecular flexibility index (Phi) is 6.36. The normalized spacial score (nSPS) is 14.8. The second-order valence-electron chi connectivity index (χ2n) is 6.82. The van der Waals surface area contributed by atoms with E-state index in [0.717, 1.165) is 55.4 Å². The number of para-hydroxylation sites is 1. The van der Waals surface area contributed by atoms with E-state index in [-0.39, 0.29) is 5.91 Å². The maximum absolute atomic E-state index is 12.5. The molecule has 0 bridgehead atoms. The summed E-state index contributed by atoms with van der Waals surface area (Å²) in [5.41, 5.74) is 4.31. The van der Waals surface area contributed by atoms with Gasteiger partial charge < -0.3 is 15.4 Å². The molecule has 2 heterocycles. The highest BCUT2D eigenvalue weighted by molar-refractivity contribution is 5.92. The first-order valence-corrected chi connectivity index (χ1v) is 9.30. The lowest BCUT2D eigenvalue weighted by Crippen LogP contribution is -2.41. The number of benzene rings is 1. The molecular formula is C20H27N5O2. The molecule has 0 spiro atoms. The Morgan fingerprint density at radius 2 is 1.85 bits per heavy atom. The molecule has 1 aliphatic heterocycles. The molecule has 144 valence electrons.